The van der Waals surface area contributed by atoms with Crippen LogP contribution in [0, 0.1) is 17.2 Å². The minimum Gasteiger partial charge on any atom is -0.335 e. The lowest BCUT2D eigenvalue weighted by atomic mass is 10.1. The molecule has 2 aliphatic rings. The van der Waals surface area contributed by atoms with Crippen LogP contribution in [-0.2, 0) is 6.54 Å². The monoisotopic (exact) mass is 398 g/mol. The summed E-state index contributed by atoms with van der Waals surface area (Å²) in [4.78, 5) is 15.2. The largest absolute Gasteiger partial charge is 0.335 e. The Bertz CT molecular complexity index is 853. The van der Waals surface area contributed by atoms with Gasteiger partial charge in [-0.15, -0.1) is 0 Å². The first-order chi connectivity index (χ1) is 12.2. The van der Waals surface area contributed by atoms with E-state index in [4.69, 9.17) is 5.26 Å². The van der Waals surface area contributed by atoms with E-state index in [1.165, 1.54) is 6.42 Å². The summed E-state index contributed by atoms with van der Waals surface area (Å²) in [7, 11) is 0. The third kappa shape index (κ3) is 3.09. The lowest BCUT2D eigenvalue weighted by molar-refractivity contribution is 0.0704. The van der Waals surface area contributed by atoms with Gasteiger partial charge in [-0.25, -0.2) is 0 Å². The topological polar surface area (TPSA) is 61.9 Å². The fourth-order valence-corrected chi connectivity index (χ4v) is 4.43. The van der Waals surface area contributed by atoms with Gasteiger partial charge in [0.1, 0.15) is 5.69 Å². The Kier molecular flexibility index (Phi) is 4.34. The molecule has 1 saturated heterocycles. The Balaban J connectivity index is 1.71. The first-order valence-corrected chi connectivity index (χ1v) is 9.46. The normalized spacial score (nSPS) is 21.5. The third-order valence-corrected chi connectivity index (χ3v) is 5.71. The van der Waals surface area contributed by atoms with Gasteiger partial charge in [0, 0.05) is 28.8 Å². The van der Waals surface area contributed by atoms with Crippen molar-refractivity contribution in [2.24, 2.45) is 5.92 Å². The Morgan fingerprint density at radius 2 is 2.28 bits per heavy atom. The number of hydrogen-bond acceptors (Lipinski definition) is 3. The molecule has 0 radical (unpaired) electrons. The van der Waals surface area contributed by atoms with Gasteiger partial charge in [-0.1, -0.05) is 28.1 Å². The molecule has 128 valence electrons. The molecule has 1 aliphatic carbocycles. The second-order valence-electron chi connectivity index (χ2n) is 6.86. The molecule has 1 aromatic carbocycles. The maximum atomic E-state index is 13.2. The van der Waals surface area contributed by atoms with Crippen molar-refractivity contribution in [2.45, 2.75) is 38.3 Å². The summed E-state index contributed by atoms with van der Waals surface area (Å²) in [6, 6.07) is 10.4. The van der Waals surface area contributed by atoms with E-state index in [-0.39, 0.29) is 5.91 Å². The highest BCUT2D eigenvalue weighted by atomic mass is 79.9. The van der Waals surface area contributed by atoms with E-state index in [2.05, 4.69) is 27.1 Å². The standard InChI is InChI=1S/C19H19BrN4O/c20-15-4-1-3-14(10-15)18-17(12-23(22-18)8-2-7-21)19(25)24-11-13-5-6-16(24)9-13/h1,3-4,10,12-13,16H,2,5-6,8-9,11H2. The van der Waals surface area contributed by atoms with Crippen LogP contribution in [0.15, 0.2) is 34.9 Å². The van der Waals surface area contributed by atoms with Crippen LogP contribution in [0.5, 0.6) is 0 Å². The van der Waals surface area contributed by atoms with Crippen LogP contribution in [0.2, 0.25) is 0 Å². The van der Waals surface area contributed by atoms with Gasteiger partial charge in [0.15, 0.2) is 0 Å². The number of benzene rings is 1. The molecule has 25 heavy (non-hydrogen) atoms. The molecule has 2 fully saturated rings. The van der Waals surface area contributed by atoms with Crippen LogP contribution < -0.4 is 0 Å². The molecule has 0 spiro atoms. The van der Waals surface area contributed by atoms with Crippen molar-refractivity contribution in [3.05, 3.63) is 40.5 Å². The van der Waals surface area contributed by atoms with Gasteiger partial charge in [-0.2, -0.15) is 10.4 Å². The molecule has 2 heterocycles. The number of aryl methyl sites for hydroxylation is 1. The number of rotatable bonds is 4. The zero-order chi connectivity index (χ0) is 17.4. The highest BCUT2D eigenvalue weighted by Crippen LogP contribution is 2.39. The van der Waals surface area contributed by atoms with Crippen molar-refractivity contribution in [1.29, 1.82) is 5.26 Å². The van der Waals surface area contributed by atoms with Gasteiger partial charge in [0.2, 0.25) is 0 Å². The van der Waals surface area contributed by atoms with Crippen LogP contribution in [0.25, 0.3) is 11.3 Å². The average molecular weight is 399 g/mol. The number of fused-ring (bicyclic) bond motifs is 2. The predicted octanol–water partition coefficient (Wildman–Crippen LogP) is 3.85. The molecule has 2 unspecified atom stereocenters. The van der Waals surface area contributed by atoms with Crippen LogP contribution >= 0.6 is 15.9 Å². The number of likely N-dealkylation sites (tertiary alicyclic amines) is 1. The molecule has 2 aromatic rings. The average Bonchev–Trinajstić information content (AvgIpc) is 3.34. The minimum atomic E-state index is 0.0744. The van der Waals surface area contributed by atoms with Crippen LogP contribution in [0.3, 0.4) is 0 Å². The Labute approximate surface area is 155 Å². The van der Waals surface area contributed by atoms with Crippen molar-refractivity contribution in [3.63, 3.8) is 0 Å². The summed E-state index contributed by atoms with van der Waals surface area (Å²) >= 11 is 3.49. The lowest BCUT2D eigenvalue weighted by Gasteiger charge is -2.26. The number of halogens is 1. The van der Waals surface area contributed by atoms with Gasteiger partial charge < -0.3 is 4.90 Å². The highest BCUT2D eigenvalue weighted by molar-refractivity contribution is 9.10. The number of amides is 1. The van der Waals surface area contributed by atoms with Gasteiger partial charge >= 0.3 is 0 Å². The van der Waals surface area contributed by atoms with Crippen molar-refractivity contribution >= 4 is 21.8 Å². The molecule has 5 nitrogen and oxygen atoms in total. The first kappa shape index (κ1) is 16.3. The molecule has 1 aromatic heterocycles. The smallest absolute Gasteiger partial charge is 0.257 e. The fraction of sp³-hybridized carbons (Fsp3) is 0.421. The van der Waals surface area contributed by atoms with E-state index in [1.54, 1.807) is 4.68 Å². The van der Waals surface area contributed by atoms with Crippen LogP contribution in [0.1, 0.15) is 36.0 Å². The SMILES string of the molecule is N#CCCn1cc(C(=O)N2CC3CCC2C3)c(-c2cccc(Br)c2)n1. The highest BCUT2D eigenvalue weighted by Gasteiger charge is 2.41. The number of carbonyl (C=O) groups is 1. The van der Waals surface area contributed by atoms with Crippen molar-refractivity contribution in [1.82, 2.24) is 14.7 Å². The first-order valence-electron chi connectivity index (χ1n) is 8.67. The number of hydrogen-bond donors (Lipinski definition) is 0. The summed E-state index contributed by atoms with van der Waals surface area (Å²) in [5.74, 6) is 0.738. The minimum absolute atomic E-state index is 0.0744. The van der Waals surface area contributed by atoms with Crippen molar-refractivity contribution in [3.8, 4) is 17.3 Å². The van der Waals surface area contributed by atoms with E-state index >= 15 is 0 Å². The summed E-state index contributed by atoms with van der Waals surface area (Å²) in [6.07, 6.45) is 5.68. The zero-order valence-corrected chi connectivity index (χ0v) is 15.4. The fourth-order valence-electron chi connectivity index (χ4n) is 4.03. The molecule has 6 heteroatoms. The van der Waals surface area contributed by atoms with Crippen molar-refractivity contribution in [2.75, 3.05) is 6.54 Å². The number of carbonyl (C=O) groups excluding carboxylic acids is 1. The second kappa shape index (κ2) is 6.64. The molecule has 4 rings (SSSR count). The number of aromatic nitrogens is 2. The summed E-state index contributed by atoms with van der Waals surface area (Å²) < 4.78 is 2.68. The molecule has 1 amide bonds. The molecule has 0 N–H and O–H groups in total. The van der Waals surface area contributed by atoms with E-state index < -0.39 is 0 Å². The Morgan fingerprint density at radius 3 is 2.96 bits per heavy atom. The Morgan fingerprint density at radius 1 is 1.40 bits per heavy atom. The lowest BCUT2D eigenvalue weighted by Crippen LogP contribution is -2.37. The van der Waals surface area contributed by atoms with Gasteiger partial charge in [-0.3, -0.25) is 9.48 Å². The summed E-state index contributed by atoms with van der Waals surface area (Å²) in [5.41, 5.74) is 2.26. The third-order valence-electron chi connectivity index (χ3n) is 5.21. The molecule has 2 atom stereocenters. The molecule has 1 saturated carbocycles. The van der Waals surface area contributed by atoms with Gasteiger partial charge in [-0.05, 0) is 37.3 Å². The summed E-state index contributed by atoms with van der Waals surface area (Å²) in [6.45, 7) is 1.36. The zero-order valence-electron chi connectivity index (χ0n) is 13.9. The molecular formula is C19H19BrN4O. The van der Waals surface area contributed by atoms with E-state index in [1.807, 2.05) is 35.4 Å². The number of piperidine rings is 1. The molecule has 2 bridgehead atoms. The van der Waals surface area contributed by atoms with Crippen molar-refractivity contribution < 1.29 is 4.79 Å². The number of nitriles is 1. The predicted molar refractivity (Wildman–Crippen MR) is 97.8 cm³/mol. The summed E-state index contributed by atoms with van der Waals surface area (Å²) in [5, 5.41) is 13.4. The molecule has 1 aliphatic heterocycles. The van der Waals surface area contributed by atoms with E-state index in [0.29, 0.717) is 36.2 Å². The quantitative estimate of drug-likeness (QED) is 0.785. The van der Waals surface area contributed by atoms with Gasteiger partial charge in [0.25, 0.3) is 5.91 Å². The second-order valence-corrected chi connectivity index (χ2v) is 7.78. The Hall–Kier alpha value is -2.13. The maximum Gasteiger partial charge on any atom is 0.257 e. The molecular weight excluding hydrogens is 380 g/mol. The van der Waals surface area contributed by atoms with Gasteiger partial charge in [0.05, 0.1) is 24.6 Å². The number of nitrogens with zero attached hydrogens (tertiary/aromatic N) is 4. The maximum absolute atomic E-state index is 13.2. The van der Waals surface area contributed by atoms with E-state index in [0.717, 1.165) is 29.4 Å². The van der Waals surface area contributed by atoms with Crippen LogP contribution in [-0.4, -0.2) is 33.2 Å². The van der Waals surface area contributed by atoms with Crippen LogP contribution in [0.4, 0.5) is 0 Å². The van der Waals surface area contributed by atoms with E-state index in [9.17, 15) is 4.79 Å².